The van der Waals surface area contributed by atoms with Gasteiger partial charge in [0.1, 0.15) is 29.0 Å². The maximum Gasteiger partial charge on any atom is 0.319 e. The molecular weight excluding hydrogens is 571 g/mol. The highest BCUT2D eigenvalue weighted by Gasteiger charge is 2.77. The molecule has 0 amide bonds. The summed E-state index contributed by atoms with van der Waals surface area (Å²) < 4.78 is 58.1. The predicted octanol–water partition coefficient (Wildman–Crippen LogP) is 5.19. The Labute approximate surface area is 252 Å². The molecule has 6 heterocycles. The summed E-state index contributed by atoms with van der Waals surface area (Å²) in [5, 5.41) is 8.66. The number of benzene rings is 1. The van der Waals surface area contributed by atoms with Crippen LogP contribution in [0.2, 0.25) is 0 Å². The average molecular weight is 606 g/mol. The molecule has 8 rings (SSSR count). The molecule has 4 aliphatic rings. The minimum absolute atomic E-state index is 0.0151. The third kappa shape index (κ3) is 4.44. The summed E-state index contributed by atoms with van der Waals surface area (Å²) in [6.07, 6.45) is 5.83. The number of anilines is 1. The van der Waals surface area contributed by atoms with E-state index in [1.165, 1.54) is 0 Å². The molecular formula is C32H34F3N7O2. The second-order valence-electron chi connectivity index (χ2n) is 12.8. The van der Waals surface area contributed by atoms with Gasteiger partial charge in [-0.05, 0) is 51.1 Å². The molecule has 2 N–H and O–H groups in total. The molecule has 3 fully saturated rings. The molecule has 2 saturated heterocycles. The van der Waals surface area contributed by atoms with E-state index >= 15 is 4.39 Å². The highest BCUT2D eigenvalue weighted by atomic mass is 19.3. The molecule has 1 aliphatic carbocycles. The Morgan fingerprint density at radius 2 is 1.95 bits per heavy atom. The van der Waals surface area contributed by atoms with Gasteiger partial charge in [-0.15, -0.1) is 0 Å². The highest BCUT2D eigenvalue weighted by molar-refractivity contribution is 6.00. The van der Waals surface area contributed by atoms with Crippen molar-refractivity contribution in [2.24, 2.45) is 5.41 Å². The monoisotopic (exact) mass is 605 g/mol. The Kier molecular flexibility index (Phi) is 6.39. The van der Waals surface area contributed by atoms with E-state index < -0.39 is 22.7 Å². The first kappa shape index (κ1) is 27.8. The Morgan fingerprint density at radius 1 is 1.09 bits per heavy atom. The summed E-state index contributed by atoms with van der Waals surface area (Å²) in [7, 11) is 0. The van der Waals surface area contributed by atoms with E-state index in [-0.39, 0.29) is 42.2 Å². The molecule has 3 aliphatic heterocycles. The first-order chi connectivity index (χ1) is 21.3. The Balaban J connectivity index is 1.24. The molecule has 1 saturated carbocycles. The van der Waals surface area contributed by atoms with E-state index in [0.29, 0.717) is 42.8 Å². The molecule has 0 radical (unpaired) electrons. The van der Waals surface area contributed by atoms with Crippen molar-refractivity contribution in [1.82, 2.24) is 30.2 Å². The average Bonchev–Trinajstić information content (AvgIpc) is 3.22. The summed E-state index contributed by atoms with van der Waals surface area (Å²) in [6.45, 7) is 5.17. The van der Waals surface area contributed by atoms with Gasteiger partial charge in [-0.1, -0.05) is 24.3 Å². The molecule has 3 aromatic heterocycles. The lowest BCUT2D eigenvalue weighted by Crippen LogP contribution is -2.43. The van der Waals surface area contributed by atoms with Crippen molar-refractivity contribution in [3.8, 4) is 23.1 Å². The number of ether oxygens (including phenoxy) is 2. The van der Waals surface area contributed by atoms with Crippen molar-refractivity contribution in [3.63, 3.8) is 0 Å². The number of aromatic nitrogens is 4. The van der Waals surface area contributed by atoms with Crippen LogP contribution in [0.5, 0.6) is 11.9 Å². The third-order valence-corrected chi connectivity index (χ3v) is 9.87. The summed E-state index contributed by atoms with van der Waals surface area (Å²) in [5.74, 6) is -2.70. The van der Waals surface area contributed by atoms with Gasteiger partial charge in [-0.2, -0.15) is 9.97 Å². The van der Waals surface area contributed by atoms with Crippen LogP contribution in [0.4, 0.5) is 19.0 Å². The van der Waals surface area contributed by atoms with Gasteiger partial charge in [-0.25, -0.2) is 18.2 Å². The Morgan fingerprint density at radius 3 is 2.82 bits per heavy atom. The zero-order chi connectivity index (χ0) is 30.1. The van der Waals surface area contributed by atoms with E-state index in [1.807, 2.05) is 31.2 Å². The summed E-state index contributed by atoms with van der Waals surface area (Å²) in [4.78, 5) is 20.5. The zero-order valence-electron chi connectivity index (χ0n) is 24.5. The fourth-order valence-corrected chi connectivity index (χ4v) is 7.48. The first-order valence-electron chi connectivity index (χ1n) is 15.4. The van der Waals surface area contributed by atoms with Gasteiger partial charge in [0.05, 0.1) is 17.1 Å². The van der Waals surface area contributed by atoms with Gasteiger partial charge in [0, 0.05) is 49.4 Å². The van der Waals surface area contributed by atoms with Gasteiger partial charge in [0.15, 0.2) is 5.82 Å². The summed E-state index contributed by atoms with van der Waals surface area (Å²) in [6, 6.07) is 7.60. The molecule has 230 valence electrons. The minimum atomic E-state index is -2.63. The van der Waals surface area contributed by atoms with Crippen LogP contribution in [-0.4, -0.2) is 81.7 Å². The standard InChI is InChI=1S/C32H34F3N7O2/c1-19-7-9-36-10-11-38-27-23-26(24(33)25(39-28(23)44-19)22-14-37-13-20-5-2-3-6-21(20)22)40-29(41-27)43-18-31-8-4-12-42(31)17-30(15-31)16-32(30,34)35/h2-3,5-6,13-14,19,36H,4,7-12,15-18H2,1H3,(H,38,40,41)/t19-,30?,31-/m0/s1. The molecule has 3 atom stereocenters. The van der Waals surface area contributed by atoms with Crippen molar-refractivity contribution >= 4 is 27.5 Å². The van der Waals surface area contributed by atoms with Crippen molar-refractivity contribution in [2.45, 2.75) is 56.6 Å². The topological polar surface area (TPSA) is 97.3 Å². The molecule has 1 aromatic carbocycles. The largest absolute Gasteiger partial charge is 0.474 e. The molecule has 1 unspecified atom stereocenters. The number of halogens is 3. The van der Waals surface area contributed by atoms with Gasteiger partial charge >= 0.3 is 6.01 Å². The van der Waals surface area contributed by atoms with Crippen LogP contribution in [0.25, 0.3) is 32.9 Å². The SMILES string of the molecule is C[C@H]1CCNCCNc2nc(OC[C@@]34CCCN3CC3(CC3(F)F)C4)nc3c(F)c(-c4cncc5ccccc45)nc(c23)O1. The number of nitrogens with one attached hydrogen (secondary N) is 2. The van der Waals surface area contributed by atoms with Crippen LogP contribution in [0.15, 0.2) is 36.7 Å². The lowest BCUT2D eigenvalue weighted by molar-refractivity contribution is 0.0647. The van der Waals surface area contributed by atoms with Crippen LogP contribution in [-0.2, 0) is 0 Å². The maximum absolute atomic E-state index is 16.7. The number of rotatable bonds is 4. The van der Waals surface area contributed by atoms with Crippen molar-refractivity contribution < 1.29 is 22.6 Å². The van der Waals surface area contributed by atoms with E-state index in [2.05, 4.69) is 30.5 Å². The normalized spacial score (nSPS) is 28.0. The fraction of sp³-hybridized carbons (Fsp3) is 0.500. The second-order valence-corrected chi connectivity index (χ2v) is 12.8. The Hall–Kier alpha value is -3.77. The van der Waals surface area contributed by atoms with E-state index in [9.17, 15) is 8.78 Å². The third-order valence-electron chi connectivity index (χ3n) is 9.87. The Bertz CT molecular complexity index is 1770. The fourth-order valence-electron chi connectivity index (χ4n) is 7.48. The minimum Gasteiger partial charge on any atom is -0.474 e. The van der Waals surface area contributed by atoms with Gasteiger partial charge < -0.3 is 20.1 Å². The van der Waals surface area contributed by atoms with E-state index in [1.54, 1.807) is 12.4 Å². The van der Waals surface area contributed by atoms with Crippen LogP contribution < -0.4 is 20.1 Å². The molecule has 1 spiro atoms. The lowest BCUT2D eigenvalue weighted by Gasteiger charge is -2.31. The molecule has 0 bridgehead atoms. The number of fused-ring (bicyclic) bond motifs is 2. The van der Waals surface area contributed by atoms with Crippen LogP contribution in [0.1, 0.15) is 39.0 Å². The quantitative estimate of drug-likeness (QED) is 0.326. The number of hydrogen-bond donors (Lipinski definition) is 2. The van der Waals surface area contributed by atoms with Crippen LogP contribution in [0.3, 0.4) is 0 Å². The van der Waals surface area contributed by atoms with Crippen molar-refractivity contribution in [1.29, 1.82) is 0 Å². The molecule has 4 aromatic rings. The van der Waals surface area contributed by atoms with Crippen LogP contribution >= 0.6 is 0 Å². The van der Waals surface area contributed by atoms with Gasteiger partial charge in [-0.3, -0.25) is 9.88 Å². The van der Waals surface area contributed by atoms with E-state index in [4.69, 9.17) is 14.5 Å². The molecule has 9 nitrogen and oxygen atoms in total. The number of hydrogen-bond acceptors (Lipinski definition) is 9. The smallest absolute Gasteiger partial charge is 0.319 e. The zero-order valence-corrected chi connectivity index (χ0v) is 24.5. The summed E-state index contributed by atoms with van der Waals surface area (Å²) in [5.41, 5.74) is -0.864. The number of alkyl halides is 2. The van der Waals surface area contributed by atoms with Crippen LogP contribution in [0, 0.1) is 11.2 Å². The maximum atomic E-state index is 16.7. The highest BCUT2D eigenvalue weighted by Crippen LogP contribution is 2.69. The second kappa shape index (κ2) is 10.1. The first-order valence-corrected chi connectivity index (χ1v) is 15.4. The molecule has 44 heavy (non-hydrogen) atoms. The lowest BCUT2D eigenvalue weighted by atomic mass is 9.89. The van der Waals surface area contributed by atoms with Gasteiger partial charge in [0.2, 0.25) is 5.88 Å². The van der Waals surface area contributed by atoms with Gasteiger partial charge in [0.25, 0.3) is 5.92 Å². The van der Waals surface area contributed by atoms with Crippen molar-refractivity contribution in [3.05, 3.63) is 42.5 Å². The van der Waals surface area contributed by atoms with E-state index in [0.717, 1.165) is 43.1 Å². The molecule has 12 heteroatoms. The van der Waals surface area contributed by atoms with Crippen molar-refractivity contribution in [2.75, 3.05) is 44.6 Å². The number of pyridine rings is 2. The number of nitrogens with zero attached hydrogens (tertiary/aromatic N) is 5. The summed E-state index contributed by atoms with van der Waals surface area (Å²) >= 11 is 0. The predicted molar refractivity (Wildman–Crippen MR) is 160 cm³/mol.